The van der Waals surface area contributed by atoms with Gasteiger partial charge in [0.1, 0.15) is 11.3 Å². The number of esters is 1. The zero-order valence-corrected chi connectivity index (χ0v) is 18.6. The first kappa shape index (κ1) is 21.0. The van der Waals surface area contributed by atoms with Gasteiger partial charge in [-0.2, -0.15) is 5.10 Å². The molecule has 0 aliphatic rings. The highest BCUT2D eigenvalue weighted by atomic mass is 32.1. The summed E-state index contributed by atoms with van der Waals surface area (Å²) < 4.78 is 7.08. The highest BCUT2D eigenvalue weighted by Crippen LogP contribution is 2.27. The Bertz CT molecular complexity index is 1140. The Labute approximate surface area is 188 Å². The number of benzene rings is 1. The van der Waals surface area contributed by atoms with E-state index in [0.717, 1.165) is 15.3 Å². The number of likely N-dealkylation sites (N-methyl/N-ethyl adjacent to an activating group) is 1. The van der Waals surface area contributed by atoms with Crippen LogP contribution < -0.4 is 0 Å². The van der Waals surface area contributed by atoms with Gasteiger partial charge in [0.15, 0.2) is 6.61 Å². The van der Waals surface area contributed by atoms with Gasteiger partial charge in [0.2, 0.25) is 0 Å². The molecule has 0 atom stereocenters. The van der Waals surface area contributed by atoms with Gasteiger partial charge in [-0.25, -0.2) is 4.79 Å². The molecule has 3 aromatic heterocycles. The highest BCUT2D eigenvalue weighted by molar-refractivity contribution is 7.13. The van der Waals surface area contributed by atoms with Crippen molar-refractivity contribution >= 4 is 34.6 Å². The summed E-state index contributed by atoms with van der Waals surface area (Å²) in [6.45, 7) is 0.715. The van der Waals surface area contributed by atoms with E-state index in [4.69, 9.17) is 4.74 Å². The van der Waals surface area contributed by atoms with Gasteiger partial charge in [-0.05, 0) is 28.5 Å². The minimum atomic E-state index is -0.555. The van der Waals surface area contributed by atoms with Crippen LogP contribution in [-0.4, -0.2) is 40.2 Å². The molecule has 0 fully saturated rings. The molecular weight excluding hydrogens is 430 g/mol. The van der Waals surface area contributed by atoms with Crippen molar-refractivity contribution in [2.45, 2.75) is 13.1 Å². The first-order valence-corrected chi connectivity index (χ1v) is 11.4. The second-order valence-corrected chi connectivity index (χ2v) is 8.94. The van der Waals surface area contributed by atoms with Crippen LogP contribution in [0.25, 0.3) is 10.6 Å². The summed E-state index contributed by atoms with van der Waals surface area (Å²) >= 11 is 3.08. The van der Waals surface area contributed by atoms with Crippen molar-refractivity contribution in [1.29, 1.82) is 0 Å². The maximum Gasteiger partial charge on any atom is 0.342 e. The summed E-state index contributed by atoms with van der Waals surface area (Å²) in [5, 5.41) is 8.51. The first-order chi connectivity index (χ1) is 15.1. The summed E-state index contributed by atoms with van der Waals surface area (Å²) in [6.07, 6.45) is 1.68. The number of rotatable bonds is 8. The number of hydrogen-bond acceptors (Lipinski definition) is 6. The van der Waals surface area contributed by atoms with Gasteiger partial charge < -0.3 is 9.64 Å². The van der Waals surface area contributed by atoms with Crippen LogP contribution in [0.3, 0.4) is 0 Å². The van der Waals surface area contributed by atoms with Crippen LogP contribution in [0.2, 0.25) is 0 Å². The number of amides is 1. The third kappa shape index (κ3) is 5.28. The lowest BCUT2D eigenvalue weighted by molar-refractivity contribution is -0.133. The van der Waals surface area contributed by atoms with Crippen molar-refractivity contribution < 1.29 is 14.3 Å². The van der Waals surface area contributed by atoms with Crippen molar-refractivity contribution in [2.24, 2.45) is 0 Å². The number of nitrogens with zero attached hydrogens (tertiary/aromatic N) is 3. The highest BCUT2D eigenvalue weighted by Gasteiger charge is 2.22. The van der Waals surface area contributed by atoms with Crippen LogP contribution in [-0.2, 0) is 22.6 Å². The second kappa shape index (κ2) is 9.72. The predicted molar refractivity (Wildman–Crippen MR) is 122 cm³/mol. The van der Waals surface area contributed by atoms with Crippen LogP contribution in [0.15, 0.2) is 71.6 Å². The van der Waals surface area contributed by atoms with E-state index in [1.807, 2.05) is 65.4 Å². The predicted octanol–water partition coefficient (Wildman–Crippen LogP) is 4.54. The molecule has 158 valence electrons. The van der Waals surface area contributed by atoms with Gasteiger partial charge in [-0.1, -0.05) is 42.5 Å². The maximum absolute atomic E-state index is 12.8. The monoisotopic (exact) mass is 451 g/mol. The molecule has 3 heterocycles. The van der Waals surface area contributed by atoms with Crippen LogP contribution in [0.1, 0.15) is 20.8 Å². The van der Waals surface area contributed by atoms with Gasteiger partial charge in [0.25, 0.3) is 5.91 Å². The summed E-state index contributed by atoms with van der Waals surface area (Å²) in [6, 6.07) is 17.6. The molecule has 4 aromatic rings. The van der Waals surface area contributed by atoms with E-state index in [1.165, 1.54) is 11.3 Å². The first-order valence-electron chi connectivity index (χ1n) is 9.69. The van der Waals surface area contributed by atoms with E-state index < -0.39 is 5.97 Å². The fourth-order valence-electron chi connectivity index (χ4n) is 3.06. The Kier molecular flexibility index (Phi) is 6.59. The second-order valence-electron chi connectivity index (χ2n) is 6.96. The molecule has 0 unspecified atom stereocenters. The third-order valence-corrected chi connectivity index (χ3v) is 6.39. The molecule has 31 heavy (non-hydrogen) atoms. The molecule has 0 aliphatic heterocycles. The number of carbonyl (C=O) groups is 2. The SMILES string of the molecule is CN(Cc1cccs1)C(=O)COC(=O)c1cn(Cc2ccccc2)nc1-c1cccs1. The minimum Gasteiger partial charge on any atom is -0.452 e. The molecule has 1 amide bonds. The summed E-state index contributed by atoms with van der Waals surface area (Å²) in [7, 11) is 1.70. The molecule has 1 aromatic carbocycles. The molecule has 0 aliphatic carbocycles. The number of thiophene rings is 2. The van der Waals surface area contributed by atoms with Crippen molar-refractivity contribution in [2.75, 3.05) is 13.7 Å². The normalized spacial score (nSPS) is 10.7. The van der Waals surface area contributed by atoms with E-state index in [-0.39, 0.29) is 12.5 Å². The fourth-order valence-corrected chi connectivity index (χ4v) is 4.54. The van der Waals surface area contributed by atoms with E-state index in [1.54, 1.807) is 34.2 Å². The molecule has 0 N–H and O–H groups in total. The number of aromatic nitrogens is 2. The molecule has 0 radical (unpaired) electrons. The lowest BCUT2D eigenvalue weighted by Gasteiger charge is -2.16. The zero-order valence-electron chi connectivity index (χ0n) is 16.9. The van der Waals surface area contributed by atoms with Gasteiger partial charge in [-0.15, -0.1) is 22.7 Å². The molecule has 0 saturated carbocycles. The van der Waals surface area contributed by atoms with Crippen LogP contribution in [0, 0.1) is 0 Å². The minimum absolute atomic E-state index is 0.254. The molecule has 0 bridgehead atoms. The zero-order chi connectivity index (χ0) is 21.6. The van der Waals surface area contributed by atoms with E-state index in [0.29, 0.717) is 24.3 Å². The number of ether oxygens (including phenoxy) is 1. The van der Waals surface area contributed by atoms with Gasteiger partial charge >= 0.3 is 5.97 Å². The van der Waals surface area contributed by atoms with E-state index in [2.05, 4.69) is 5.10 Å². The number of hydrogen-bond donors (Lipinski definition) is 0. The van der Waals surface area contributed by atoms with Gasteiger partial charge in [0.05, 0.1) is 18.0 Å². The fraction of sp³-hybridized carbons (Fsp3) is 0.174. The van der Waals surface area contributed by atoms with Crippen LogP contribution in [0.4, 0.5) is 0 Å². The Hall–Kier alpha value is -3.23. The van der Waals surface area contributed by atoms with Crippen molar-refractivity contribution in [1.82, 2.24) is 14.7 Å². The van der Waals surface area contributed by atoms with Crippen molar-refractivity contribution in [3.05, 3.63) is 87.6 Å². The number of carbonyl (C=O) groups excluding carboxylic acids is 2. The largest absolute Gasteiger partial charge is 0.452 e. The van der Waals surface area contributed by atoms with Crippen molar-refractivity contribution in [3.63, 3.8) is 0 Å². The molecule has 0 saturated heterocycles. The molecule has 8 heteroatoms. The lowest BCUT2D eigenvalue weighted by Crippen LogP contribution is -2.30. The molecule has 6 nitrogen and oxygen atoms in total. The smallest absolute Gasteiger partial charge is 0.342 e. The van der Waals surface area contributed by atoms with E-state index in [9.17, 15) is 9.59 Å². The Morgan fingerprint density at radius 3 is 2.52 bits per heavy atom. The Morgan fingerprint density at radius 2 is 1.81 bits per heavy atom. The quantitative estimate of drug-likeness (QED) is 0.369. The molecule has 4 rings (SSSR count). The lowest BCUT2D eigenvalue weighted by atomic mass is 10.2. The molecule has 0 spiro atoms. The van der Waals surface area contributed by atoms with Gasteiger partial charge in [-0.3, -0.25) is 9.48 Å². The Balaban J connectivity index is 1.46. The average molecular weight is 452 g/mol. The van der Waals surface area contributed by atoms with E-state index >= 15 is 0 Å². The van der Waals surface area contributed by atoms with Crippen molar-refractivity contribution in [3.8, 4) is 10.6 Å². The average Bonchev–Trinajstić information content (AvgIpc) is 3.54. The molecular formula is C23H21N3O3S2. The maximum atomic E-state index is 12.8. The van der Waals surface area contributed by atoms with Crippen LogP contribution in [0.5, 0.6) is 0 Å². The summed E-state index contributed by atoms with van der Waals surface area (Å²) in [4.78, 5) is 28.7. The topological polar surface area (TPSA) is 64.4 Å². The van der Waals surface area contributed by atoms with Gasteiger partial charge in [0, 0.05) is 18.1 Å². The standard InChI is InChI=1S/C23H21N3O3S2/c1-25(14-18-9-5-11-30-18)21(27)16-29-23(28)19-15-26(13-17-7-3-2-4-8-17)24-22(19)20-10-6-12-31-20/h2-12,15H,13-14,16H2,1H3. The Morgan fingerprint density at radius 1 is 1.03 bits per heavy atom. The van der Waals surface area contributed by atoms with Crippen LogP contribution >= 0.6 is 22.7 Å². The summed E-state index contributed by atoms with van der Waals surface area (Å²) in [5.41, 5.74) is 2.00. The summed E-state index contributed by atoms with van der Waals surface area (Å²) in [5.74, 6) is -0.809. The third-order valence-electron chi connectivity index (χ3n) is 4.65.